The van der Waals surface area contributed by atoms with Crippen molar-refractivity contribution >= 4 is 5.78 Å². The standard InChI is InChI=1S/C16H31FO2/c17-15-16(19)13-11-9-7-5-3-1-2-4-6-8-10-12-14-18/h18H,1-15H2. The lowest BCUT2D eigenvalue weighted by atomic mass is 10.0. The number of carbonyl (C=O) groups is 1. The van der Waals surface area contributed by atoms with Gasteiger partial charge in [0.2, 0.25) is 0 Å². The largest absolute Gasteiger partial charge is 0.396 e. The van der Waals surface area contributed by atoms with E-state index >= 15 is 0 Å². The van der Waals surface area contributed by atoms with Gasteiger partial charge < -0.3 is 5.11 Å². The Hall–Kier alpha value is -0.440. The number of alkyl halides is 1. The molecule has 19 heavy (non-hydrogen) atoms. The van der Waals surface area contributed by atoms with Crippen LogP contribution in [0, 0.1) is 0 Å². The predicted octanol–water partition coefficient (Wildman–Crippen LogP) is 4.59. The van der Waals surface area contributed by atoms with Gasteiger partial charge in [0, 0.05) is 13.0 Å². The average molecular weight is 274 g/mol. The summed E-state index contributed by atoms with van der Waals surface area (Å²) < 4.78 is 11.9. The second-order valence-electron chi connectivity index (χ2n) is 5.39. The molecule has 2 nitrogen and oxygen atoms in total. The van der Waals surface area contributed by atoms with E-state index in [1.165, 1.54) is 51.4 Å². The molecule has 0 aromatic heterocycles. The molecule has 0 bridgehead atoms. The second kappa shape index (κ2) is 15.6. The van der Waals surface area contributed by atoms with Gasteiger partial charge in [0.05, 0.1) is 0 Å². The van der Waals surface area contributed by atoms with Gasteiger partial charge in [0.1, 0.15) is 6.67 Å². The summed E-state index contributed by atoms with van der Waals surface area (Å²) in [5.41, 5.74) is 0. The highest BCUT2D eigenvalue weighted by atomic mass is 19.1. The molecule has 0 fully saturated rings. The van der Waals surface area contributed by atoms with Gasteiger partial charge in [0.15, 0.2) is 5.78 Å². The fourth-order valence-electron chi connectivity index (χ4n) is 2.27. The van der Waals surface area contributed by atoms with Crippen LogP contribution < -0.4 is 0 Å². The van der Waals surface area contributed by atoms with Gasteiger partial charge in [-0.25, -0.2) is 4.39 Å². The number of aliphatic hydroxyl groups excluding tert-OH is 1. The number of carbonyl (C=O) groups excluding carboxylic acids is 1. The molecular formula is C16H31FO2. The van der Waals surface area contributed by atoms with E-state index in [0.717, 1.165) is 25.7 Å². The Labute approximate surface area is 117 Å². The zero-order chi connectivity index (χ0) is 14.2. The van der Waals surface area contributed by atoms with Gasteiger partial charge >= 0.3 is 0 Å². The molecule has 0 aliphatic rings. The number of ketones is 1. The summed E-state index contributed by atoms with van der Waals surface area (Å²) in [4.78, 5) is 10.7. The van der Waals surface area contributed by atoms with E-state index in [1.807, 2.05) is 0 Å². The molecule has 0 atom stereocenters. The maximum Gasteiger partial charge on any atom is 0.163 e. The first-order chi connectivity index (χ1) is 9.31. The van der Waals surface area contributed by atoms with Crippen LogP contribution in [0.4, 0.5) is 4.39 Å². The number of rotatable bonds is 15. The summed E-state index contributed by atoms with van der Waals surface area (Å²) in [6.07, 6.45) is 14.6. The van der Waals surface area contributed by atoms with Crippen LogP contribution in [-0.2, 0) is 4.79 Å². The van der Waals surface area contributed by atoms with Crippen LogP contribution in [0.2, 0.25) is 0 Å². The number of unbranched alkanes of at least 4 members (excludes halogenated alkanes) is 11. The Morgan fingerprint density at radius 2 is 1.05 bits per heavy atom. The SMILES string of the molecule is O=C(CF)CCCCCCCCCCCCCCO. The molecule has 0 aromatic rings. The van der Waals surface area contributed by atoms with Crippen LogP contribution in [0.15, 0.2) is 0 Å². The summed E-state index contributed by atoms with van der Waals surface area (Å²) >= 11 is 0. The summed E-state index contributed by atoms with van der Waals surface area (Å²) in [5.74, 6) is -0.249. The minimum Gasteiger partial charge on any atom is -0.396 e. The second-order valence-corrected chi connectivity index (χ2v) is 5.39. The van der Waals surface area contributed by atoms with E-state index < -0.39 is 6.67 Å². The molecule has 0 unspecified atom stereocenters. The van der Waals surface area contributed by atoms with Crippen molar-refractivity contribution in [3.63, 3.8) is 0 Å². The zero-order valence-corrected chi connectivity index (χ0v) is 12.3. The summed E-state index contributed by atoms with van der Waals surface area (Å²) in [6.45, 7) is -0.463. The van der Waals surface area contributed by atoms with E-state index in [9.17, 15) is 9.18 Å². The van der Waals surface area contributed by atoms with Crippen molar-refractivity contribution in [1.82, 2.24) is 0 Å². The Bertz CT molecular complexity index is 195. The molecule has 0 amide bonds. The molecule has 0 saturated carbocycles. The van der Waals surface area contributed by atoms with Crippen LogP contribution in [-0.4, -0.2) is 24.2 Å². The van der Waals surface area contributed by atoms with E-state index in [0.29, 0.717) is 13.0 Å². The number of hydrogen-bond donors (Lipinski definition) is 1. The van der Waals surface area contributed by atoms with E-state index in [-0.39, 0.29) is 5.78 Å². The molecule has 0 saturated heterocycles. The van der Waals surface area contributed by atoms with Crippen molar-refractivity contribution in [2.24, 2.45) is 0 Å². The minimum absolute atomic E-state index is 0.249. The molecule has 0 aliphatic carbocycles. The summed E-state index contributed by atoms with van der Waals surface area (Å²) in [7, 11) is 0. The molecule has 3 heteroatoms. The molecule has 0 rings (SSSR count). The molecule has 0 aromatic carbocycles. The summed E-state index contributed by atoms with van der Waals surface area (Å²) in [5, 5.41) is 8.63. The number of Topliss-reactive ketones (excluding diaryl/α,β-unsaturated/α-hetero) is 1. The lowest BCUT2D eigenvalue weighted by Crippen LogP contribution is -1.98. The van der Waals surface area contributed by atoms with Crippen molar-refractivity contribution in [2.75, 3.05) is 13.3 Å². The monoisotopic (exact) mass is 274 g/mol. The van der Waals surface area contributed by atoms with Crippen LogP contribution >= 0.6 is 0 Å². The van der Waals surface area contributed by atoms with Crippen LogP contribution in [0.1, 0.15) is 83.5 Å². The topological polar surface area (TPSA) is 37.3 Å². The predicted molar refractivity (Wildman–Crippen MR) is 78.1 cm³/mol. The van der Waals surface area contributed by atoms with Gasteiger partial charge in [-0.05, 0) is 12.8 Å². The van der Waals surface area contributed by atoms with Crippen molar-refractivity contribution < 1.29 is 14.3 Å². The number of aliphatic hydroxyl groups is 1. The molecule has 114 valence electrons. The first kappa shape index (κ1) is 18.6. The first-order valence-corrected chi connectivity index (χ1v) is 7.99. The fraction of sp³-hybridized carbons (Fsp3) is 0.938. The van der Waals surface area contributed by atoms with E-state index in [4.69, 9.17) is 5.11 Å². The lowest BCUT2D eigenvalue weighted by Gasteiger charge is -2.02. The highest BCUT2D eigenvalue weighted by Gasteiger charge is 1.99. The maximum atomic E-state index is 11.9. The molecular weight excluding hydrogens is 243 g/mol. The summed E-state index contributed by atoms with van der Waals surface area (Å²) in [6, 6.07) is 0. The quantitative estimate of drug-likeness (QED) is 0.443. The van der Waals surface area contributed by atoms with E-state index in [2.05, 4.69) is 0 Å². The average Bonchev–Trinajstić information content (AvgIpc) is 2.43. The minimum atomic E-state index is -0.793. The highest BCUT2D eigenvalue weighted by Crippen LogP contribution is 2.12. The third-order valence-corrected chi connectivity index (χ3v) is 3.51. The van der Waals surface area contributed by atoms with Gasteiger partial charge in [-0.15, -0.1) is 0 Å². The molecule has 0 heterocycles. The lowest BCUT2D eigenvalue weighted by molar-refractivity contribution is -0.120. The number of hydrogen-bond acceptors (Lipinski definition) is 2. The van der Waals surface area contributed by atoms with Crippen LogP contribution in [0.3, 0.4) is 0 Å². The highest BCUT2D eigenvalue weighted by molar-refractivity contribution is 5.79. The smallest absolute Gasteiger partial charge is 0.163 e. The maximum absolute atomic E-state index is 11.9. The van der Waals surface area contributed by atoms with Gasteiger partial charge in [0.25, 0.3) is 0 Å². The Kier molecular flexibility index (Phi) is 15.3. The molecule has 0 radical (unpaired) electrons. The van der Waals surface area contributed by atoms with Gasteiger partial charge in [-0.2, -0.15) is 0 Å². The van der Waals surface area contributed by atoms with Crippen LogP contribution in [0.25, 0.3) is 0 Å². The van der Waals surface area contributed by atoms with Crippen molar-refractivity contribution in [2.45, 2.75) is 83.5 Å². The molecule has 1 N–H and O–H groups in total. The number of halogens is 1. The third kappa shape index (κ3) is 15.5. The Morgan fingerprint density at radius 3 is 1.42 bits per heavy atom. The Morgan fingerprint density at radius 1 is 0.684 bits per heavy atom. The van der Waals surface area contributed by atoms with Gasteiger partial charge in [-0.3, -0.25) is 4.79 Å². The van der Waals surface area contributed by atoms with Crippen LogP contribution in [0.5, 0.6) is 0 Å². The van der Waals surface area contributed by atoms with E-state index in [1.54, 1.807) is 0 Å². The molecule has 0 spiro atoms. The molecule has 0 aliphatic heterocycles. The van der Waals surface area contributed by atoms with Crippen molar-refractivity contribution in [1.29, 1.82) is 0 Å². The van der Waals surface area contributed by atoms with Crippen molar-refractivity contribution in [3.8, 4) is 0 Å². The fourth-order valence-corrected chi connectivity index (χ4v) is 2.27. The zero-order valence-electron chi connectivity index (χ0n) is 12.3. The Balaban J connectivity index is 2.97. The third-order valence-electron chi connectivity index (χ3n) is 3.51. The normalized spacial score (nSPS) is 10.8. The first-order valence-electron chi connectivity index (χ1n) is 7.99. The van der Waals surface area contributed by atoms with Crippen molar-refractivity contribution in [3.05, 3.63) is 0 Å². The van der Waals surface area contributed by atoms with Gasteiger partial charge in [-0.1, -0.05) is 64.2 Å².